The summed E-state index contributed by atoms with van der Waals surface area (Å²) in [6, 6.07) is 14.7. The minimum absolute atomic E-state index is 0.0120. The van der Waals surface area contributed by atoms with Gasteiger partial charge in [0.05, 0.1) is 32.6 Å². The summed E-state index contributed by atoms with van der Waals surface area (Å²) in [6.45, 7) is 4.77. The van der Waals surface area contributed by atoms with E-state index in [1.165, 1.54) is 30.5 Å². The normalized spacial score (nSPS) is 14.8. The van der Waals surface area contributed by atoms with Crippen LogP contribution in [0.2, 0.25) is 0 Å². The topological polar surface area (TPSA) is 126 Å². The highest BCUT2D eigenvalue weighted by Gasteiger charge is 2.18. The zero-order chi connectivity index (χ0) is 30.6. The van der Waals surface area contributed by atoms with Crippen LogP contribution < -0.4 is 16.5 Å². The summed E-state index contributed by atoms with van der Waals surface area (Å²) in [5.41, 5.74) is 10.4. The molecule has 2 aromatic carbocycles. The Hall–Kier alpha value is -5.13. The number of nitrogens with zero attached hydrogens (tertiary/aromatic N) is 4. The molecule has 6 rings (SSSR count). The Kier molecular flexibility index (Phi) is 8.31. The number of carbonyl (C=O) groups excluding carboxylic acids is 1. The molecule has 1 atom stereocenters. The number of carbonyl (C=O) groups is 1. The molecule has 1 saturated heterocycles. The molecule has 0 aliphatic carbocycles. The molecule has 1 aliphatic heterocycles. The summed E-state index contributed by atoms with van der Waals surface area (Å²) in [5.74, 6) is -0.582. The van der Waals surface area contributed by atoms with Gasteiger partial charge in [0.2, 0.25) is 5.43 Å². The van der Waals surface area contributed by atoms with E-state index >= 15 is 0 Å². The van der Waals surface area contributed by atoms with Gasteiger partial charge in [0.25, 0.3) is 5.91 Å². The number of pyridine rings is 2. The van der Waals surface area contributed by atoms with Crippen molar-refractivity contribution in [3.63, 3.8) is 0 Å². The van der Waals surface area contributed by atoms with Crippen LogP contribution in [0, 0.1) is 5.82 Å². The Bertz CT molecular complexity index is 1840. The second kappa shape index (κ2) is 12.6. The second-order valence-electron chi connectivity index (χ2n) is 10.5. The van der Waals surface area contributed by atoms with Crippen molar-refractivity contribution in [2.75, 3.05) is 30.9 Å². The molecule has 1 aliphatic rings. The van der Waals surface area contributed by atoms with E-state index in [1.807, 2.05) is 36.0 Å². The first-order chi connectivity index (χ1) is 21.4. The molecule has 3 aromatic heterocycles. The smallest absolute Gasteiger partial charge is 0.261 e. The predicted octanol–water partition coefficient (Wildman–Crippen LogP) is 4.85. The maximum atomic E-state index is 13.5. The lowest BCUT2D eigenvalue weighted by Gasteiger charge is -2.22. The maximum absolute atomic E-state index is 13.5. The minimum atomic E-state index is -0.542. The first-order valence-corrected chi connectivity index (χ1v) is 14.3. The van der Waals surface area contributed by atoms with Gasteiger partial charge in [0, 0.05) is 59.3 Å². The first-order valence-electron chi connectivity index (χ1n) is 14.3. The van der Waals surface area contributed by atoms with Crippen molar-refractivity contribution in [2.24, 2.45) is 0 Å². The third-order valence-electron chi connectivity index (χ3n) is 7.46. The van der Waals surface area contributed by atoms with Crippen LogP contribution in [-0.2, 0) is 22.6 Å². The Morgan fingerprint density at radius 1 is 0.977 bits per heavy atom. The van der Waals surface area contributed by atoms with Crippen molar-refractivity contribution in [3.05, 3.63) is 107 Å². The number of aromatic nitrogens is 4. The molecule has 5 aromatic rings. The van der Waals surface area contributed by atoms with Gasteiger partial charge < -0.3 is 25.1 Å². The highest BCUT2D eigenvalue weighted by Crippen LogP contribution is 2.30. The molecule has 1 amide bonds. The Labute approximate surface area is 252 Å². The molecule has 4 heterocycles. The fourth-order valence-electron chi connectivity index (χ4n) is 5.07. The van der Waals surface area contributed by atoms with Crippen LogP contribution in [0.5, 0.6) is 0 Å². The quantitative estimate of drug-likeness (QED) is 0.263. The minimum Gasteiger partial charge on any atom is -0.383 e. The van der Waals surface area contributed by atoms with Crippen molar-refractivity contribution in [1.29, 1.82) is 0 Å². The van der Waals surface area contributed by atoms with Crippen LogP contribution >= 0.6 is 0 Å². The molecular formula is C33H31FN6O4. The number of ether oxygens (including phenoxy) is 2. The second-order valence-corrected chi connectivity index (χ2v) is 10.5. The number of hydrogen-bond donors (Lipinski definition) is 2. The summed E-state index contributed by atoms with van der Waals surface area (Å²) in [4.78, 5) is 30.9. The number of amides is 1. The third-order valence-corrected chi connectivity index (χ3v) is 7.46. The molecule has 44 heavy (non-hydrogen) atoms. The summed E-state index contributed by atoms with van der Waals surface area (Å²) in [7, 11) is 0. The van der Waals surface area contributed by atoms with E-state index in [1.54, 1.807) is 35.3 Å². The maximum Gasteiger partial charge on any atom is 0.261 e. The number of nitrogen functional groups attached to an aromatic ring is 1. The summed E-state index contributed by atoms with van der Waals surface area (Å²) in [6.07, 6.45) is 8.57. The number of aryl methyl sites for hydroxylation is 1. The van der Waals surface area contributed by atoms with Crippen molar-refractivity contribution < 1.29 is 18.7 Å². The first kappa shape index (κ1) is 29.0. The van der Waals surface area contributed by atoms with Gasteiger partial charge in [-0.05, 0) is 48.4 Å². The number of anilines is 2. The van der Waals surface area contributed by atoms with E-state index in [4.69, 9.17) is 15.2 Å². The van der Waals surface area contributed by atoms with Crippen molar-refractivity contribution in [3.8, 4) is 33.4 Å². The molecular weight excluding hydrogens is 563 g/mol. The molecule has 0 unspecified atom stereocenters. The van der Waals surface area contributed by atoms with Gasteiger partial charge in [-0.25, -0.2) is 9.37 Å². The average Bonchev–Trinajstić information content (AvgIpc) is 3.51. The molecule has 224 valence electrons. The molecule has 0 spiro atoms. The molecule has 0 radical (unpaired) electrons. The Balaban J connectivity index is 1.20. The van der Waals surface area contributed by atoms with Crippen LogP contribution in [0.3, 0.4) is 0 Å². The van der Waals surface area contributed by atoms with E-state index in [9.17, 15) is 14.0 Å². The number of nitrogens with one attached hydrogen (secondary N) is 1. The van der Waals surface area contributed by atoms with Gasteiger partial charge >= 0.3 is 0 Å². The van der Waals surface area contributed by atoms with E-state index in [0.717, 1.165) is 22.3 Å². The predicted molar refractivity (Wildman–Crippen MR) is 166 cm³/mol. The summed E-state index contributed by atoms with van der Waals surface area (Å²) >= 11 is 0. The van der Waals surface area contributed by atoms with Crippen molar-refractivity contribution in [1.82, 2.24) is 19.3 Å². The Morgan fingerprint density at radius 3 is 2.45 bits per heavy atom. The lowest BCUT2D eigenvalue weighted by Crippen LogP contribution is -2.32. The van der Waals surface area contributed by atoms with Crippen molar-refractivity contribution in [2.45, 2.75) is 26.1 Å². The van der Waals surface area contributed by atoms with E-state index in [-0.39, 0.29) is 11.7 Å². The average molecular weight is 595 g/mol. The van der Waals surface area contributed by atoms with Gasteiger partial charge in [0.1, 0.15) is 23.3 Å². The zero-order valence-corrected chi connectivity index (χ0v) is 24.1. The molecule has 3 N–H and O–H groups in total. The lowest BCUT2D eigenvalue weighted by molar-refractivity contribution is -0.0946. The SMILES string of the molecule is CCn1cc(C(=O)Nc2ccc(-c3cc(-c4cnn(C[C@H]5COCCO5)c4)cnc3N)cc2)c(=O)c(-c2ccc(F)cc2)c1. The highest BCUT2D eigenvalue weighted by atomic mass is 19.1. The van der Waals surface area contributed by atoms with Crippen LogP contribution in [0.15, 0.2) is 90.4 Å². The summed E-state index contributed by atoms with van der Waals surface area (Å²) in [5, 5.41) is 7.28. The molecule has 1 fully saturated rings. The molecule has 11 heteroatoms. The van der Waals surface area contributed by atoms with E-state index in [0.29, 0.717) is 55.5 Å². The van der Waals surface area contributed by atoms with Crippen LogP contribution in [0.25, 0.3) is 33.4 Å². The van der Waals surface area contributed by atoms with Crippen LogP contribution in [-0.4, -0.2) is 51.2 Å². The van der Waals surface area contributed by atoms with Gasteiger partial charge in [-0.2, -0.15) is 5.10 Å². The van der Waals surface area contributed by atoms with Crippen molar-refractivity contribution >= 4 is 17.4 Å². The van der Waals surface area contributed by atoms with Crippen LogP contribution in [0.1, 0.15) is 17.3 Å². The third kappa shape index (κ3) is 6.29. The van der Waals surface area contributed by atoms with Gasteiger partial charge in [-0.15, -0.1) is 0 Å². The molecule has 10 nitrogen and oxygen atoms in total. The largest absolute Gasteiger partial charge is 0.383 e. The molecule has 0 saturated carbocycles. The van der Waals surface area contributed by atoms with Gasteiger partial charge in [-0.3, -0.25) is 14.3 Å². The monoisotopic (exact) mass is 594 g/mol. The van der Waals surface area contributed by atoms with E-state index < -0.39 is 17.2 Å². The fraction of sp³-hybridized carbons (Fsp3) is 0.212. The summed E-state index contributed by atoms with van der Waals surface area (Å²) < 4.78 is 28.2. The standard InChI is InChI=1S/C33H31FN6O4/c1-2-39-18-29(22-3-7-25(34)8-4-22)31(41)30(19-39)33(42)38-26-9-5-21(6-10-26)28-13-23(14-36-32(28)35)24-15-37-40(16-24)17-27-20-43-11-12-44-27/h3-10,13-16,18-19,27H,2,11-12,17,20H2,1H3,(H2,35,36)(H,38,42)/t27-/m0/s1. The Morgan fingerprint density at radius 2 is 1.73 bits per heavy atom. The fourth-order valence-corrected chi connectivity index (χ4v) is 5.07. The number of halogens is 1. The van der Waals surface area contributed by atoms with Gasteiger partial charge in [0.15, 0.2) is 0 Å². The zero-order valence-electron chi connectivity index (χ0n) is 24.1. The highest BCUT2D eigenvalue weighted by molar-refractivity contribution is 6.04. The van der Waals surface area contributed by atoms with Gasteiger partial charge in [-0.1, -0.05) is 24.3 Å². The van der Waals surface area contributed by atoms with Crippen LogP contribution in [0.4, 0.5) is 15.9 Å². The number of hydrogen-bond acceptors (Lipinski definition) is 7. The lowest BCUT2D eigenvalue weighted by atomic mass is 10.0. The number of nitrogens with two attached hydrogens (primary N) is 1. The number of rotatable bonds is 8. The molecule has 0 bridgehead atoms. The van der Waals surface area contributed by atoms with E-state index in [2.05, 4.69) is 15.4 Å². The number of benzene rings is 2.